The highest BCUT2D eigenvalue weighted by Gasteiger charge is 2.32. The number of methoxy groups -OCH3 is 1. The van der Waals surface area contributed by atoms with E-state index in [9.17, 15) is 30.0 Å². The van der Waals surface area contributed by atoms with Gasteiger partial charge in [0.2, 0.25) is 0 Å². The van der Waals surface area contributed by atoms with Crippen LogP contribution in [0.1, 0.15) is 159 Å². The van der Waals surface area contributed by atoms with Gasteiger partial charge in [-0.15, -0.1) is 0 Å². The zero-order valence-corrected chi connectivity index (χ0v) is 36.4. The number of carboxylic acids is 1. The standard InChI is InChI=1S/C18H22O2.C15H22O3.C14H20O3.C3H6/c1-3-14(16-6-10-18(20)11-7-16)12-13(2)15-4-8-17(19)9-5-15;1-5-11(10-15(2,3)14(17)18-4)12-6-8-13(16)9-7-12;1-4-10(9-14(2,3)13(16)17)11-5-7-12(15)8-6-11;1-2-3-1/h4-11,13-14,19-20H,3,12H2,1-2H3;6-9,11,16H,5,10H2,1-4H3;5-8,10,15H,4,9H2,1-3H3,(H,16,17);1-3H2. The molecule has 5 rings (SSSR count). The van der Waals surface area contributed by atoms with Crippen molar-refractivity contribution in [1.82, 2.24) is 0 Å². The molecule has 1 saturated carbocycles. The van der Waals surface area contributed by atoms with Crippen LogP contribution in [-0.2, 0) is 14.3 Å². The van der Waals surface area contributed by atoms with Crippen LogP contribution in [0.5, 0.6) is 23.0 Å². The van der Waals surface area contributed by atoms with Gasteiger partial charge in [0.05, 0.1) is 17.9 Å². The number of hydrogen-bond donors (Lipinski definition) is 5. The second-order valence-corrected chi connectivity index (χ2v) is 16.9. The summed E-state index contributed by atoms with van der Waals surface area (Å²) in [5.41, 5.74) is 3.54. The van der Waals surface area contributed by atoms with Gasteiger partial charge in [-0.2, -0.15) is 0 Å². The fraction of sp³-hybridized carbons (Fsp3) is 0.480. The molecule has 0 saturated heterocycles. The van der Waals surface area contributed by atoms with E-state index in [4.69, 9.17) is 9.84 Å². The average Bonchev–Trinajstić information content (AvgIpc) is 4.10. The van der Waals surface area contributed by atoms with E-state index < -0.39 is 16.8 Å². The number of aromatic hydroxyl groups is 4. The van der Waals surface area contributed by atoms with Gasteiger partial charge in [0.25, 0.3) is 0 Å². The number of carbonyl (C=O) groups excluding carboxylic acids is 1. The number of aliphatic carboxylic acids is 1. The van der Waals surface area contributed by atoms with Crippen LogP contribution in [0.4, 0.5) is 0 Å². The van der Waals surface area contributed by atoms with E-state index >= 15 is 0 Å². The number of hydrogen-bond acceptors (Lipinski definition) is 7. The summed E-state index contributed by atoms with van der Waals surface area (Å²) in [7, 11) is 1.42. The first-order chi connectivity index (χ1) is 27.4. The summed E-state index contributed by atoms with van der Waals surface area (Å²) in [6.07, 6.45) is 9.82. The van der Waals surface area contributed by atoms with E-state index in [1.807, 2.05) is 62.4 Å². The Hall–Kier alpha value is -4.98. The van der Waals surface area contributed by atoms with E-state index in [1.54, 1.807) is 62.4 Å². The minimum Gasteiger partial charge on any atom is -0.508 e. The third-order valence-electron chi connectivity index (χ3n) is 10.9. The Labute approximate surface area is 348 Å². The number of ether oxygens (including phenoxy) is 1. The van der Waals surface area contributed by atoms with E-state index in [0.717, 1.165) is 43.2 Å². The summed E-state index contributed by atoms with van der Waals surface area (Å²) >= 11 is 0. The Bertz CT molecular complexity index is 1760. The molecule has 0 spiro atoms. The fourth-order valence-corrected chi connectivity index (χ4v) is 6.82. The van der Waals surface area contributed by atoms with E-state index in [1.165, 1.54) is 37.5 Å². The summed E-state index contributed by atoms with van der Waals surface area (Å²) in [5, 5.41) is 46.4. The van der Waals surface area contributed by atoms with Crippen LogP contribution in [0.25, 0.3) is 0 Å². The monoisotopic (exact) mass is 799 g/mol. The summed E-state index contributed by atoms with van der Waals surface area (Å²) in [6, 6.07) is 29.2. The predicted molar refractivity (Wildman–Crippen MR) is 235 cm³/mol. The molecule has 8 heteroatoms. The number of rotatable bonds is 15. The van der Waals surface area contributed by atoms with Gasteiger partial charge in [0, 0.05) is 0 Å². The van der Waals surface area contributed by atoms with Crippen LogP contribution in [0.2, 0.25) is 0 Å². The molecular weight excluding hydrogens is 729 g/mol. The minimum atomic E-state index is -0.769. The Morgan fingerprint density at radius 3 is 1.10 bits per heavy atom. The van der Waals surface area contributed by atoms with Gasteiger partial charge in [0.1, 0.15) is 23.0 Å². The van der Waals surface area contributed by atoms with Gasteiger partial charge < -0.3 is 30.3 Å². The highest BCUT2D eigenvalue weighted by Crippen LogP contribution is 2.37. The van der Waals surface area contributed by atoms with E-state index in [-0.39, 0.29) is 23.4 Å². The lowest BCUT2D eigenvalue weighted by Crippen LogP contribution is -2.27. The summed E-state index contributed by atoms with van der Waals surface area (Å²) in [5.74, 6) is 1.60. The maximum Gasteiger partial charge on any atom is 0.311 e. The van der Waals surface area contributed by atoms with Crippen molar-refractivity contribution in [3.8, 4) is 23.0 Å². The molecule has 0 aliphatic heterocycles. The largest absolute Gasteiger partial charge is 0.508 e. The summed E-state index contributed by atoms with van der Waals surface area (Å²) < 4.78 is 4.84. The molecule has 318 valence electrons. The van der Waals surface area contributed by atoms with Gasteiger partial charge >= 0.3 is 11.9 Å². The fourth-order valence-electron chi connectivity index (χ4n) is 6.82. The van der Waals surface area contributed by atoms with Gasteiger partial charge in [0.15, 0.2) is 0 Å². The zero-order chi connectivity index (χ0) is 43.5. The van der Waals surface area contributed by atoms with Crippen LogP contribution < -0.4 is 0 Å². The third-order valence-corrected chi connectivity index (χ3v) is 10.9. The molecule has 4 unspecified atom stereocenters. The Balaban J connectivity index is 0.000000289. The molecule has 0 aromatic heterocycles. The second-order valence-electron chi connectivity index (χ2n) is 16.9. The van der Waals surface area contributed by atoms with E-state index in [0.29, 0.717) is 35.7 Å². The predicted octanol–water partition coefficient (Wildman–Crippen LogP) is 12.8. The first-order valence-corrected chi connectivity index (χ1v) is 20.8. The number of benzene rings is 4. The van der Waals surface area contributed by atoms with Gasteiger partial charge in [-0.1, -0.05) is 95.5 Å². The number of carbonyl (C=O) groups is 2. The molecule has 8 nitrogen and oxygen atoms in total. The number of carboxylic acid groups (broad SMARTS) is 1. The van der Waals surface area contributed by atoms with Crippen LogP contribution in [-0.4, -0.2) is 44.6 Å². The van der Waals surface area contributed by atoms with Crippen molar-refractivity contribution in [2.75, 3.05) is 7.11 Å². The number of phenolic OH excluding ortho intramolecular Hbond substituents is 4. The Morgan fingerprint density at radius 2 is 0.828 bits per heavy atom. The zero-order valence-electron chi connectivity index (χ0n) is 36.4. The normalized spacial score (nSPS) is 14.0. The molecule has 0 bridgehead atoms. The molecule has 1 fully saturated rings. The van der Waals surface area contributed by atoms with Crippen molar-refractivity contribution in [1.29, 1.82) is 0 Å². The first-order valence-electron chi connectivity index (χ1n) is 20.8. The molecule has 4 atom stereocenters. The summed E-state index contributed by atoms with van der Waals surface area (Å²) in [4.78, 5) is 22.8. The second kappa shape index (κ2) is 24.1. The van der Waals surface area contributed by atoms with Crippen molar-refractivity contribution in [2.24, 2.45) is 10.8 Å². The van der Waals surface area contributed by atoms with Crippen molar-refractivity contribution in [2.45, 2.75) is 137 Å². The lowest BCUT2D eigenvalue weighted by Gasteiger charge is -2.27. The molecule has 0 amide bonds. The molecule has 0 radical (unpaired) electrons. The molecule has 0 heterocycles. The highest BCUT2D eigenvalue weighted by atomic mass is 16.5. The topological polar surface area (TPSA) is 145 Å². The smallest absolute Gasteiger partial charge is 0.311 e. The molecule has 4 aromatic carbocycles. The van der Waals surface area contributed by atoms with Gasteiger partial charge in [-0.25, -0.2) is 0 Å². The highest BCUT2D eigenvalue weighted by molar-refractivity contribution is 5.75. The molecule has 1 aliphatic carbocycles. The summed E-state index contributed by atoms with van der Waals surface area (Å²) in [6.45, 7) is 15.9. The van der Waals surface area contributed by atoms with Crippen molar-refractivity contribution < 1.29 is 39.9 Å². The minimum absolute atomic E-state index is 0.181. The quantitative estimate of drug-likeness (QED) is 0.0748. The lowest BCUT2D eigenvalue weighted by atomic mass is 9.79. The molecule has 5 N–H and O–H groups in total. The maximum atomic E-state index is 11.7. The SMILES string of the molecule is C1CC1.CCC(CC(C)(C)C(=O)O)c1ccc(O)cc1.CCC(CC(C)(C)C(=O)OC)c1ccc(O)cc1.CCC(CC(C)c1ccc(O)cc1)c1ccc(O)cc1. The first kappa shape index (κ1) is 49.2. The van der Waals surface area contributed by atoms with Crippen molar-refractivity contribution >= 4 is 11.9 Å². The van der Waals surface area contributed by atoms with Crippen LogP contribution in [0.3, 0.4) is 0 Å². The average molecular weight is 799 g/mol. The van der Waals surface area contributed by atoms with Crippen molar-refractivity contribution in [3.05, 3.63) is 119 Å². The molecule has 4 aromatic rings. The Kier molecular flexibility index (Phi) is 20.4. The molecular formula is C50H70O8. The van der Waals surface area contributed by atoms with E-state index in [2.05, 4.69) is 27.7 Å². The van der Waals surface area contributed by atoms with Crippen LogP contribution in [0.15, 0.2) is 97.1 Å². The van der Waals surface area contributed by atoms with Crippen LogP contribution >= 0.6 is 0 Å². The van der Waals surface area contributed by atoms with Crippen molar-refractivity contribution in [3.63, 3.8) is 0 Å². The number of phenols is 4. The lowest BCUT2D eigenvalue weighted by molar-refractivity contribution is -0.151. The Morgan fingerprint density at radius 1 is 0.534 bits per heavy atom. The molecule has 1 aliphatic rings. The maximum absolute atomic E-state index is 11.7. The van der Waals surface area contributed by atoms with Gasteiger partial charge in [-0.3, -0.25) is 9.59 Å². The van der Waals surface area contributed by atoms with Gasteiger partial charge in [-0.05, 0) is 161 Å². The van der Waals surface area contributed by atoms with Crippen LogP contribution in [0, 0.1) is 10.8 Å². The number of esters is 1. The molecule has 58 heavy (non-hydrogen) atoms. The third kappa shape index (κ3) is 17.3.